The van der Waals surface area contributed by atoms with Crippen LogP contribution in [0.4, 0.5) is 5.69 Å². The molecule has 0 aromatic heterocycles. The Kier molecular flexibility index (Phi) is 13.1. The lowest BCUT2D eigenvalue weighted by molar-refractivity contribution is 0.254. The van der Waals surface area contributed by atoms with Gasteiger partial charge in [0.1, 0.15) is 12.5 Å². The van der Waals surface area contributed by atoms with E-state index in [1.807, 2.05) is 41.3 Å². The van der Waals surface area contributed by atoms with E-state index in [0.29, 0.717) is 16.7 Å². The van der Waals surface area contributed by atoms with Gasteiger partial charge in [-0.3, -0.25) is 0 Å². The van der Waals surface area contributed by atoms with Crippen LogP contribution in [0.2, 0.25) is 0 Å². The minimum atomic E-state index is -0.0898. The van der Waals surface area contributed by atoms with Crippen LogP contribution < -0.4 is 15.0 Å². The van der Waals surface area contributed by atoms with Crippen LogP contribution in [-0.2, 0) is 0 Å². The molecule has 7 heteroatoms. The van der Waals surface area contributed by atoms with Crippen molar-refractivity contribution in [1.29, 1.82) is 0 Å². The molecule has 0 unspecified atom stereocenters. The van der Waals surface area contributed by atoms with Crippen LogP contribution in [0, 0.1) is 0 Å². The van der Waals surface area contributed by atoms with Crippen molar-refractivity contribution in [3.8, 4) is 5.75 Å². The van der Waals surface area contributed by atoms with Crippen molar-refractivity contribution >= 4 is 28.9 Å². The van der Waals surface area contributed by atoms with Crippen molar-refractivity contribution in [3.05, 3.63) is 71.0 Å². The quantitative estimate of drug-likeness (QED) is 0.293. The Morgan fingerprint density at radius 2 is 2.09 bits per heavy atom. The molecule has 2 rings (SSSR count). The Morgan fingerprint density at radius 1 is 1.24 bits per heavy atom. The van der Waals surface area contributed by atoms with Crippen LogP contribution in [-0.4, -0.2) is 49.5 Å². The van der Waals surface area contributed by atoms with Gasteiger partial charge >= 0.3 is 0 Å². The molecule has 0 fully saturated rings. The summed E-state index contributed by atoms with van der Waals surface area (Å²) in [7, 11) is 0. The number of anilines is 1. The molecule has 0 spiro atoms. The molecule has 0 saturated heterocycles. The first-order chi connectivity index (χ1) is 16.0. The molecule has 1 aromatic rings. The lowest BCUT2D eigenvalue weighted by atomic mass is 10.2. The normalized spacial score (nSPS) is 19.6. The molecule has 1 aliphatic rings. The number of hydrogen-bond acceptors (Lipinski definition) is 5. The highest BCUT2D eigenvalue weighted by atomic mass is 35.5. The molecule has 182 valence electrons. The second kappa shape index (κ2) is 15.8. The summed E-state index contributed by atoms with van der Waals surface area (Å²) in [6.07, 6.45) is 12.5. The Labute approximate surface area is 209 Å². The maximum absolute atomic E-state index is 9.75. The highest BCUT2D eigenvalue weighted by molar-refractivity contribution is 6.43. The average Bonchev–Trinajstić information content (AvgIpc) is 2.80. The number of benzene rings is 1. The molecule has 1 aliphatic heterocycles. The van der Waals surface area contributed by atoms with Gasteiger partial charge in [0, 0.05) is 43.3 Å². The van der Waals surface area contributed by atoms with Gasteiger partial charge in [-0.05, 0) is 50.4 Å². The van der Waals surface area contributed by atoms with Crippen LogP contribution in [0.25, 0.3) is 0 Å². The van der Waals surface area contributed by atoms with E-state index in [-0.39, 0.29) is 6.73 Å². The number of nitrogens with one attached hydrogen (secondary N) is 1. The van der Waals surface area contributed by atoms with Gasteiger partial charge in [-0.25, -0.2) is 0 Å². The first-order valence-electron chi connectivity index (χ1n) is 11.7. The molecule has 1 aromatic carbocycles. The topological polar surface area (TPSA) is 48.0 Å². The minimum Gasteiger partial charge on any atom is -0.494 e. The average molecular weight is 495 g/mol. The fourth-order valence-electron chi connectivity index (χ4n) is 3.53. The third-order valence-corrected chi connectivity index (χ3v) is 6.09. The summed E-state index contributed by atoms with van der Waals surface area (Å²) in [5, 5.41) is 14.0. The first-order valence-corrected chi connectivity index (χ1v) is 12.4. The predicted molar refractivity (Wildman–Crippen MR) is 141 cm³/mol. The second-order valence-corrected chi connectivity index (χ2v) is 8.77. The molecular formula is C26H37Cl2N3O2. The molecule has 0 atom stereocenters. The zero-order valence-electron chi connectivity index (χ0n) is 19.6. The van der Waals surface area contributed by atoms with Gasteiger partial charge in [-0.15, -0.1) is 0 Å². The summed E-state index contributed by atoms with van der Waals surface area (Å²) in [5.74, 6) is 0.811. The molecule has 1 heterocycles. The number of allylic oxidation sites excluding steroid dienone is 5. The molecular weight excluding hydrogens is 457 g/mol. The number of unbranched alkanes of at least 4 members (excludes halogenated alkanes) is 1. The van der Waals surface area contributed by atoms with Gasteiger partial charge in [0.2, 0.25) is 0 Å². The monoisotopic (exact) mass is 493 g/mol. The summed E-state index contributed by atoms with van der Waals surface area (Å²) < 4.78 is 5.98. The van der Waals surface area contributed by atoms with E-state index in [0.717, 1.165) is 75.4 Å². The minimum absolute atomic E-state index is 0.0898. The summed E-state index contributed by atoms with van der Waals surface area (Å²) in [5.41, 5.74) is 1.81. The van der Waals surface area contributed by atoms with E-state index >= 15 is 0 Å². The van der Waals surface area contributed by atoms with Gasteiger partial charge in [0.25, 0.3) is 0 Å². The first kappa shape index (κ1) is 27.3. The fraction of sp³-hybridized carbons (Fsp3) is 0.462. The standard InChI is InChI=1S/C26H37Cl2N3O2/c1-3-10-22(2)31(21-32)23-11-9-12-24(19-23)33-18-8-7-16-30-15-6-4-5-13-25(27)26(28)20-29-14-17-30/h4-5,9,11-13,19-20,29,32H,2-3,6-8,10,14-18,21H2,1H3/b5-4-,25-13+,26-20-. The van der Waals surface area contributed by atoms with Crippen molar-refractivity contribution in [3.63, 3.8) is 0 Å². The van der Waals surface area contributed by atoms with Crippen LogP contribution in [0.3, 0.4) is 0 Å². The summed E-state index contributed by atoms with van der Waals surface area (Å²) in [6.45, 7) is 10.5. The number of ether oxygens (including phenoxy) is 1. The zero-order chi connectivity index (χ0) is 23.9. The lowest BCUT2D eigenvalue weighted by Gasteiger charge is -2.24. The van der Waals surface area contributed by atoms with Crippen LogP contribution in [0.1, 0.15) is 39.0 Å². The summed E-state index contributed by atoms with van der Waals surface area (Å²) in [4.78, 5) is 4.27. The zero-order valence-corrected chi connectivity index (χ0v) is 21.1. The highest BCUT2D eigenvalue weighted by Gasteiger charge is 2.10. The van der Waals surface area contributed by atoms with Crippen LogP contribution >= 0.6 is 23.2 Å². The number of rotatable bonds is 11. The molecule has 5 nitrogen and oxygen atoms in total. The van der Waals surface area contributed by atoms with Crippen molar-refractivity contribution in [1.82, 2.24) is 10.2 Å². The van der Waals surface area contributed by atoms with E-state index in [1.54, 1.807) is 6.20 Å². The number of hydrogen-bond donors (Lipinski definition) is 2. The molecule has 33 heavy (non-hydrogen) atoms. The summed E-state index contributed by atoms with van der Waals surface area (Å²) >= 11 is 12.3. The Morgan fingerprint density at radius 3 is 2.88 bits per heavy atom. The molecule has 0 saturated carbocycles. The van der Waals surface area contributed by atoms with E-state index in [4.69, 9.17) is 27.9 Å². The van der Waals surface area contributed by atoms with E-state index in [2.05, 4.69) is 29.8 Å². The van der Waals surface area contributed by atoms with E-state index in [9.17, 15) is 5.11 Å². The van der Waals surface area contributed by atoms with Crippen molar-refractivity contribution in [2.24, 2.45) is 0 Å². The summed E-state index contributed by atoms with van der Waals surface area (Å²) in [6, 6.07) is 7.84. The van der Waals surface area contributed by atoms with Crippen molar-refractivity contribution in [2.75, 3.05) is 44.4 Å². The van der Waals surface area contributed by atoms with E-state index in [1.165, 1.54) is 0 Å². The maximum Gasteiger partial charge on any atom is 0.121 e. The van der Waals surface area contributed by atoms with Gasteiger partial charge < -0.3 is 25.0 Å². The predicted octanol–water partition coefficient (Wildman–Crippen LogP) is 5.97. The van der Waals surface area contributed by atoms with Crippen LogP contribution in [0.15, 0.2) is 71.0 Å². The number of aliphatic hydroxyl groups excluding tert-OH is 1. The van der Waals surface area contributed by atoms with Gasteiger partial charge in [-0.1, -0.05) is 61.3 Å². The lowest BCUT2D eigenvalue weighted by Crippen LogP contribution is -2.32. The molecule has 0 radical (unpaired) electrons. The molecule has 0 amide bonds. The maximum atomic E-state index is 9.75. The largest absolute Gasteiger partial charge is 0.494 e. The number of nitrogens with zero attached hydrogens (tertiary/aromatic N) is 2. The van der Waals surface area contributed by atoms with Crippen molar-refractivity contribution in [2.45, 2.75) is 39.0 Å². The molecule has 0 aliphatic carbocycles. The smallest absolute Gasteiger partial charge is 0.121 e. The Bertz CT molecular complexity index is 824. The SMILES string of the molecule is C=C(CCC)N(CO)c1cccc(OCCCCN2CC\C=C/C=C(Cl)\C(Cl)=C\NCC2)c1. The number of halogens is 2. The third kappa shape index (κ3) is 10.3. The second-order valence-electron chi connectivity index (χ2n) is 7.96. The Hall–Kier alpha value is -1.92. The van der Waals surface area contributed by atoms with E-state index < -0.39 is 0 Å². The Balaban J connectivity index is 1.77. The molecule has 0 bridgehead atoms. The van der Waals surface area contributed by atoms with Crippen LogP contribution in [0.5, 0.6) is 5.75 Å². The molecule has 2 N–H and O–H groups in total. The fourth-order valence-corrected chi connectivity index (χ4v) is 3.80. The van der Waals surface area contributed by atoms with Gasteiger partial charge in [-0.2, -0.15) is 0 Å². The van der Waals surface area contributed by atoms with Gasteiger partial charge in [0.05, 0.1) is 16.7 Å². The van der Waals surface area contributed by atoms with Gasteiger partial charge in [0.15, 0.2) is 0 Å². The number of aliphatic hydroxyl groups is 1. The van der Waals surface area contributed by atoms with Crippen molar-refractivity contribution < 1.29 is 9.84 Å². The highest BCUT2D eigenvalue weighted by Crippen LogP contribution is 2.25. The third-order valence-electron chi connectivity index (χ3n) is 5.35.